The maximum atomic E-state index is 13.7. The molecule has 0 aromatic carbocycles. The summed E-state index contributed by atoms with van der Waals surface area (Å²) >= 11 is 0. The summed E-state index contributed by atoms with van der Waals surface area (Å²) in [7, 11) is 1.81. The van der Waals surface area contributed by atoms with E-state index >= 15 is 0 Å². The Bertz CT molecular complexity index is 299. The van der Waals surface area contributed by atoms with Crippen molar-refractivity contribution in [1.29, 1.82) is 0 Å². The van der Waals surface area contributed by atoms with E-state index in [9.17, 15) is 4.39 Å². The van der Waals surface area contributed by atoms with Gasteiger partial charge in [0.1, 0.15) is 0 Å². The van der Waals surface area contributed by atoms with Gasteiger partial charge in [0, 0.05) is 7.05 Å². The monoisotopic (exact) mass is 168 g/mol. The average molecular weight is 168 g/mol. The van der Waals surface area contributed by atoms with Gasteiger partial charge in [0.2, 0.25) is 0 Å². The summed E-state index contributed by atoms with van der Waals surface area (Å²) in [5.41, 5.74) is 0.804. The number of hydrogen-bond donors (Lipinski definition) is 0. The van der Waals surface area contributed by atoms with Crippen LogP contribution >= 0.6 is 0 Å². The van der Waals surface area contributed by atoms with Crippen LogP contribution in [0.3, 0.4) is 0 Å². The lowest BCUT2D eigenvalue weighted by Gasteiger charge is -2.07. The molecule has 0 aliphatic heterocycles. The van der Waals surface area contributed by atoms with Gasteiger partial charge in [-0.2, -0.15) is 5.10 Å². The zero-order valence-electron chi connectivity index (χ0n) is 7.47. The first-order valence-electron chi connectivity index (χ1n) is 4.37. The molecule has 0 atom stereocenters. The molecule has 12 heavy (non-hydrogen) atoms. The van der Waals surface area contributed by atoms with Crippen molar-refractivity contribution in [3.05, 3.63) is 17.5 Å². The Labute approximate surface area is 71.4 Å². The number of alkyl halides is 1. The zero-order valence-corrected chi connectivity index (χ0v) is 7.47. The number of rotatable bonds is 2. The molecule has 0 amide bonds. The third-order valence-electron chi connectivity index (χ3n) is 2.51. The first-order valence-corrected chi connectivity index (χ1v) is 4.37. The van der Waals surface area contributed by atoms with Gasteiger partial charge >= 0.3 is 0 Å². The van der Waals surface area contributed by atoms with Crippen molar-refractivity contribution in [3.63, 3.8) is 0 Å². The summed E-state index contributed by atoms with van der Waals surface area (Å²) in [6, 6.07) is 0. The first kappa shape index (κ1) is 7.77. The highest BCUT2D eigenvalue weighted by atomic mass is 19.1. The topological polar surface area (TPSA) is 17.8 Å². The van der Waals surface area contributed by atoms with Crippen molar-refractivity contribution in [2.75, 3.05) is 0 Å². The summed E-state index contributed by atoms with van der Waals surface area (Å²) in [4.78, 5) is 0. The largest absolute Gasteiger partial charge is 0.269 e. The quantitative estimate of drug-likeness (QED) is 0.660. The molecular weight excluding hydrogens is 155 g/mol. The minimum atomic E-state index is -1.05. The van der Waals surface area contributed by atoms with Gasteiger partial charge in [-0.1, -0.05) is 6.92 Å². The molecule has 0 N–H and O–H groups in total. The molecule has 2 nitrogen and oxygen atoms in total. The molecule has 1 aliphatic rings. The van der Waals surface area contributed by atoms with Crippen LogP contribution in [0.25, 0.3) is 0 Å². The lowest BCUT2D eigenvalue weighted by Crippen LogP contribution is -2.08. The molecule has 2 rings (SSSR count). The number of nitrogens with zero attached hydrogens (tertiary/aromatic N) is 2. The molecule has 0 bridgehead atoms. The van der Waals surface area contributed by atoms with Crippen molar-refractivity contribution in [3.8, 4) is 0 Å². The van der Waals surface area contributed by atoms with E-state index in [-0.39, 0.29) is 0 Å². The first-order chi connectivity index (χ1) is 5.67. The third kappa shape index (κ3) is 0.958. The highest BCUT2D eigenvalue weighted by Crippen LogP contribution is 2.50. The minimum absolute atomic E-state index is 0.666. The Morgan fingerprint density at radius 1 is 1.67 bits per heavy atom. The Morgan fingerprint density at radius 3 is 2.83 bits per heavy atom. The molecule has 66 valence electrons. The fraction of sp³-hybridized carbons (Fsp3) is 0.667. The highest BCUT2D eigenvalue weighted by molar-refractivity contribution is 5.28. The lowest BCUT2D eigenvalue weighted by atomic mass is 10.1. The van der Waals surface area contributed by atoms with Crippen molar-refractivity contribution < 1.29 is 4.39 Å². The molecule has 1 aromatic rings. The molecular formula is C9H13FN2. The zero-order chi connectivity index (χ0) is 8.77. The fourth-order valence-corrected chi connectivity index (χ4v) is 1.67. The summed E-state index contributed by atoms with van der Waals surface area (Å²) in [6.45, 7) is 2.03. The molecule has 0 spiro atoms. The van der Waals surface area contributed by atoms with Crippen LogP contribution in [0.5, 0.6) is 0 Å². The summed E-state index contributed by atoms with van der Waals surface area (Å²) in [6.07, 6.45) is 3.98. The van der Waals surface area contributed by atoms with Crippen LogP contribution in [0.1, 0.15) is 31.0 Å². The Morgan fingerprint density at radius 2 is 2.33 bits per heavy atom. The normalized spacial score (nSPS) is 19.6. The Balaban J connectivity index is 2.46. The van der Waals surface area contributed by atoms with E-state index in [1.54, 1.807) is 10.9 Å². The molecule has 3 heteroatoms. The highest BCUT2D eigenvalue weighted by Gasteiger charge is 2.48. The second-order valence-electron chi connectivity index (χ2n) is 3.46. The van der Waals surface area contributed by atoms with Gasteiger partial charge in [-0.3, -0.25) is 4.68 Å². The van der Waals surface area contributed by atoms with Crippen LogP contribution in [0.15, 0.2) is 6.20 Å². The lowest BCUT2D eigenvalue weighted by molar-refractivity contribution is 0.297. The second-order valence-corrected chi connectivity index (χ2v) is 3.46. The van der Waals surface area contributed by atoms with Crippen molar-refractivity contribution in [2.24, 2.45) is 7.05 Å². The Hall–Kier alpha value is -0.860. The van der Waals surface area contributed by atoms with Gasteiger partial charge in [0.05, 0.1) is 11.9 Å². The van der Waals surface area contributed by atoms with Gasteiger partial charge in [-0.05, 0) is 24.8 Å². The Kier molecular flexibility index (Phi) is 1.50. The van der Waals surface area contributed by atoms with Crippen LogP contribution in [0.4, 0.5) is 4.39 Å². The predicted molar refractivity (Wildman–Crippen MR) is 44.6 cm³/mol. The maximum Gasteiger partial charge on any atom is 0.152 e. The molecule has 1 aromatic heterocycles. The number of aryl methyl sites for hydroxylation is 2. The number of halogens is 1. The van der Waals surface area contributed by atoms with Gasteiger partial charge in [0.15, 0.2) is 5.67 Å². The average Bonchev–Trinajstić information content (AvgIpc) is 2.64. The summed E-state index contributed by atoms with van der Waals surface area (Å²) < 4.78 is 15.4. The predicted octanol–water partition coefficient (Wildman–Crippen LogP) is 1.94. The van der Waals surface area contributed by atoms with Crippen molar-refractivity contribution in [2.45, 2.75) is 31.9 Å². The number of aromatic nitrogens is 2. The maximum absolute atomic E-state index is 13.7. The smallest absolute Gasteiger partial charge is 0.152 e. The third-order valence-corrected chi connectivity index (χ3v) is 2.51. The van der Waals surface area contributed by atoms with Crippen molar-refractivity contribution in [1.82, 2.24) is 9.78 Å². The van der Waals surface area contributed by atoms with Crippen LogP contribution in [0.2, 0.25) is 0 Å². The van der Waals surface area contributed by atoms with Gasteiger partial charge < -0.3 is 0 Å². The molecule has 1 saturated carbocycles. The molecule has 1 heterocycles. The van der Waals surface area contributed by atoms with E-state index in [0.717, 1.165) is 17.7 Å². The van der Waals surface area contributed by atoms with E-state index < -0.39 is 5.67 Å². The number of hydrogen-bond acceptors (Lipinski definition) is 1. The van der Waals surface area contributed by atoms with Gasteiger partial charge in [-0.25, -0.2) is 4.39 Å². The van der Waals surface area contributed by atoms with E-state index in [4.69, 9.17) is 0 Å². The van der Waals surface area contributed by atoms with Crippen LogP contribution in [-0.2, 0) is 19.1 Å². The van der Waals surface area contributed by atoms with Gasteiger partial charge in [-0.15, -0.1) is 0 Å². The minimum Gasteiger partial charge on any atom is -0.269 e. The van der Waals surface area contributed by atoms with E-state index in [0.29, 0.717) is 12.8 Å². The van der Waals surface area contributed by atoms with E-state index in [2.05, 4.69) is 5.10 Å². The van der Waals surface area contributed by atoms with Crippen LogP contribution < -0.4 is 0 Å². The molecule has 1 fully saturated rings. The fourth-order valence-electron chi connectivity index (χ4n) is 1.67. The molecule has 0 saturated heterocycles. The van der Waals surface area contributed by atoms with Gasteiger partial charge in [0.25, 0.3) is 0 Å². The van der Waals surface area contributed by atoms with Crippen LogP contribution in [-0.4, -0.2) is 9.78 Å². The summed E-state index contributed by atoms with van der Waals surface area (Å²) in [5, 5.41) is 4.07. The molecule has 1 aliphatic carbocycles. The second kappa shape index (κ2) is 2.31. The standard InChI is InChI=1S/C9H13FN2/c1-3-7-6-11-12(2)8(7)9(10)4-5-9/h6H,3-5H2,1-2H3. The summed E-state index contributed by atoms with van der Waals surface area (Å²) in [5.74, 6) is 0. The SMILES string of the molecule is CCc1cnn(C)c1C1(F)CC1. The van der Waals surface area contributed by atoms with E-state index in [1.807, 2.05) is 14.0 Å². The van der Waals surface area contributed by atoms with E-state index in [1.165, 1.54) is 0 Å². The molecule has 0 radical (unpaired) electrons. The van der Waals surface area contributed by atoms with Crippen LogP contribution in [0, 0.1) is 0 Å². The molecule has 0 unspecified atom stereocenters. The van der Waals surface area contributed by atoms with Crippen molar-refractivity contribution >= 4 is 0 Å².